The van der Waals surface area contributed by atoms with E-state index in [1.165, 1.54) is 0 Å². The molecule has 0 radical (unpaired) electrons. The van der Waals surface area contributed by atoms with E-state index in [0.717, 1.165) is 15.8 Å². The summed E-state index contributed by atoms with van der Waals surface area (Å²) in [6, 6.07) is 15.2. The number of para-hydroxylation sites is 1. The normalized spacial score (nSPS) is 11.9. The molecule has 0 saturated heterocycles. The number of rotatable bonds is 6. The van der Waals surface area contributed by atoms with Crippen LogP contribution in [0, 0.1) is 0 Å². The molecule has 0 aliphatic heterocycles. The Kier molecular flexibility index (Phi) is 5.44. The van der Waals surface area contributed by atoms with Crippen LogP contribution in [0.1, 0.15) is 18.6 Å². The van der Waals surface area contributed by atoms with Crippen LogP contribution >= 0.6 is 15.9 Å². The van der Waals surface area contributed by atoms with Crippen LogP contribution < -0.4 is 9.47 Å². The molecule has 4 heteroatoms. The van der Waals surface area contributed by atoms with Gasteiger partial charge in [-0.3, -0.25) is 0 Å². The molecule has 3 nitrogen and oxygen atoms in total. The van der Waals surface area contributed by atoms with Gasteiger partial charge in [-0.05, 0) is 37.3 Å². The van der Waals surface area contributed by atoms with E-state index in [4.69, 9.17) is 9.47 Å². The fraction of sp³-hybridized carbons (Fsp3) is 0.250. The summed E-state index contributed by atoms with van der Waals surface area (Å²) < 4.78 is 12.1. The van der Waals surface area contributed by atoms with Crippen molar-refractivity contribution in [1.82, 2.24) is 0 Å². The third-order valence-electron chi connectivity index (χ3n) is 2.77. The smallest absolute Gasteiger partial charge is 0.125 e. The zero-order chi connectivity index (χ0) is 14.4. The molecule has 0 aromatic heterocycles. The number of halogens is 1. The first-order valence-corrected chi connectivity index (χ1v) is 7.24. The van der Waals surface area contributed by atoms with Crippen molar-refractivity contribution in [3.63, 3.8) is 0 Å². The second-order valence-corrected chi connectivity index (χ2v) is 5.28. The van der Waals surface area contributed by atoms with Gasteiger partial charge < -0.3 is 14.6 Å². The van der Waals surface area contributed by atoms with Gasteiger partial charge in [0.15, 0.2) is 0 Å². The van der Waals surface area contributed by atoms with Gasteiger partial charge in [-0.2, -0.15) is 0 Å². The highest BCUT2D eigenvalue weighted by atomic mass is 79.9. The minimum Gasteiger partial charge on any atom is -0.490 e. The Morgan fingerprint density at radius 2 is 1.75 bits per heavy atom. The van der Waals surface area contributed by atoms with Crippen LogP contribution in [-0.2, 0) is 0 Å². The van der Waals surface area contributed by atoms with Crippen LogP contribution in [0.15, 0.2) is 53.0 Å². The molecular formula is C16H17BrO3. The summed E-state index contributed by atoms with van der Waals surface area (Å²) in [5.41, 5.74) is 0.763. The highest BCUT2D eigenvalue weighted by Crippen LogP contribution is 2.28. The molecule has 0 aliphatic carbocycles. The first-order valence-electron chi connectivity index (χ1n) is 6.45. The molecular weight excluding hydrogens is 320 g/mol. The lowest BCUT2D eigenvalue weighted by molar-refractivity contribution is 0.182. The van der Waals surface area contributed by atoms with Gasteiger partial charge in [-0.1, -0.05) is 34.1 Å². The Morgan fingerprint density at radius 1 is 1.05 bits per heavy atom. The molecule has 0 saturated carbocycles. The predicted molar refractivity (Wildman–Crippen MR) is 82.2 cm³/mol. The van der Waals surface area contributed by atoms with Crippen LogP contribution in [0.2, 0.25) is 0 Å². The summed E-state index contributed by atoms with van der Waals surface area (Å²) >= 11 is 3.39. The van der Waals surface area contributed by atoms with E-state index < -0.39 is 6.10 Å². The Bertz CT molecular complexity index is 541. The lowest BCUT2D eigenvalue weighted by Crippen LogP contribution is -2.10. The molecule has 0 amide bonds. The summed E-state index contributed by atoms with van der Waals surface area (Å²) in [5.74, 6) is 1.50. The number of hydrogen-bond donors (Lipinski definition) is 1. The largest absolute Gasteiger partial charge is 0.490 e. The van der Waals surface area contributed by atoms with E-state index in [-0.39, 0.29) is 0 Å². The van der Waals surface area contributed by atoms with Crippen LogP contribution in [0.3, 0.4) is 0 Å². The fourth-order valence-corrected chi connectivity index (χ4v) is 2.18. The summed E-state index contributed by atoms with van der Waals surface area (Å²) in [5, 5.41) is 9.73. The quantitative estimate of drug-likeness (QED) is 0.811. The number of aliphatic hydroxyl groups is 1. The van der Waals surface area contributed by atoms with E-state index in [9.17, 15) is 5.11 Å². The minimum atomic E-state index is -0.572. The third-order valence-corrected chi connectivity index (χ3v) is 3.27. The van der Waals surface area contributed by atoms with Crippen molar-refractivity contribution in [2.45, 2.75) is 13.0 Å². The van der Waals surface area contributed by atoms with Crippen molar-refractivity contribution < 1.29 is 14.6 Å². The monoisotopic (exact) mass is 336 g/mol. The van der Waals surface area contributed by atoms with Crippen LogP contribution in [0.25, 0.3) is 0 Å². The molecule has 0 bridgehead atoms. The topological polar surface area (TPSA) is 38.7 Å². The van der Waals surface area contributed by atoms with Crippen molar-refractivity contribution in [2.24, 2.45) is 0 Å². The van der Waals surface area contributed by atoms with Crippen molar-refractivity contribution >= 4 is 15.9 Å². The van der Waals surface area contributed by atoms with E-state index in [1.807, 2.05) is 48.5 Å². The van der Waals surface area contributed by atoms with Gasteiger partial charge in [0, 0.05) is 10.0 Å². The molecule has 0 heterocycles. The summed E-state index contributed by atoms with van der Waals surface area (Å²) in [6.07, 6.45) is -0.572. The van der Waals surface area contributed by atoms with Gasteiger partial charge in [0.05, 0.1) is 6.10 Å². The number of hydrogen-bond acceptors (Lipinski definition) is 3. The van der Waals surface area contributed by atoms with Gasteiger partial charge in [0.25, 0.3) is 0 Å². The molecule has 106 valence electrons. The van der Waals surface area contributed by atoms with Crippen molar-refractivity contribution in [3.8, 4) is 11.5 Å². The standard InChI is InChI=1S/C16H17BrO3/c1-12(18)15-11-13(17)7-8-16(15)20-10-9-19-14-5-3-2-4-6-14/h2-8,11-12,18H,9-10H2,1H3/t12-/m0/s1. The summed E-state index contributed by atoms with van der Waals surface area (Å²) in [7, 11) is 0. The molecule has 2 aromatic carbocycles. The fourth-order valence-electron chi connectivity index (χ4n) is 1.81. The Morgan fingerprint density at radius 3 is 2.45 bits per heavy atom. The van der Waals surface area contributed by atoms with E-state index in [2.05, 4.69) is 15.9 Å². The average molecular weight is 337 g/mol. The van der Waals surface area contributed by atoms with Crippen LogP contribution in [0.4, 0.5) is 0 Å². The van der Waals surface area contributed by atoms with E-state index in [0.29, 0.717) is 19.0 Å². The SMILES string of the molecule is C[C@H](O)c1cc(Br)ccc1OCCOc1ccccc1. The second kappa shape index (κ2) is 7.31. The molecule has 0 fully saturated rings. The highest BCUT2D eigenvalue weighted by molar-refractivity contribution is 9.10. The second-order valence-electron chi connectivity index (χ2n) is 4.37. The van der Waals surface area contributed by atoms with Gasteiger partial charge in [0.2, 0.25) is 0 Å². The maximum absolute atomic E-state index is 9.73. The number of aliphatic hydroxyl groups excluding tert-OH is 1. The molecule has 0 aliphatic rings. The Labute approximate surface area is 127 Å². The molecule has 0 spiro atoms. The third kappa shape index (κ3) is 4.25. The number of benzene rings is 2. The number of ether oxygens (including phenoxy) is 2. The molecule has 1 atom stereocenters. The van der Waals surface area contributed by atoms with Gasteiger partial charge >= 0.3 is 0 Å². The lowest BCUT2D eigenvalue weighted by atomic mass is 10.1. The first kappa shape index (κ1) is 14.9. The van der Waals surface area contributed by atoms with E-state index >= 15 is 0 Å². The molecule has 20 heavy (non-hydrogen) atoms. The maximum atomic E-state index is 9.73. The van der Waals surface area contributed by atoms with Gasteiger partial charge in [0.1, 0.15) is 24.7 Å². The van der Waals surface area contributed by atoms with Crippen LogP contribution in [-0.4, -0.2) is 18.3 Å². The highest BCUT2D eigenvalue weighted by Gasteiger charge is 2.09. The average Bonchev–Trinajstić information content (AvgIpc) is 2.45. The van der Waals surface area contributed by atoms with Gasteiger partial charge in [-0.25, -0.2) is 0 Å². The molecule has 2 rings (SSSR count). The Balaban J connectivity index is 1.88. The van der Waals surface area contributed by atoms with Gasteiger partial charge in [-0.15, -0.1) is 0 Å². The zero-order valence-electron chi connectivity index (χ0n) is 11.3. The Hall–Kier alpha value is -1.52. The zero-order valence-corrected chi connectivity index (χ0v) is 12.8. The van der Waals surface area contributed by atoms with Crippen LogP contribution in [0.5, 0.6) is 11.5 Å². The first-order chi connectivity index (χ1) is 9.66. The lowest BCUT2D eigenvalue weighted by Gasteiger charge is -2.14. The summed E-state index contributed by atoms with van der Waals surface area (Å²) in [4.78, 5) is 0. The molecule has 1 N–H and O–H groups in total. The van der Waals surface area contributed by atoms with Crippen molar-refractivity contribution in [1.29, 1.82) is 0 Å². The minimum absolute atomic E-state index is 0.427. The summed E-state index contributed by atoms with van der Waals surface area (Å²) in [6.45, 7) is 2.60. The van der Waals surface area contributed by atoms with Crippen molar-refractivity contribution in [2.75, 3.05) is 13.2 Å². The predicted octanol–water partition coefficient (Wildman–Crippen LogP) is 3.96. The van der Waals surface area contributed by atoms with Crippen molar-refractivity contribution in [3.05, 3.63) is 58.6 Å². The van der Waals surface area contributed by atoms with E-state index in [1.54, 1.807) is 6.92 Å². The molecule has 0 unspecified atom stereocenters. The molecule has 2 aromatic rings. The maximum Gasteiger partial charge on any atom is 0.125 e.